The molecule has 1 aromatic heterocycles. The van der Waals surface area contributed by atoms with E-state index in [0.29, 0.717) is 44.2 Å². The van der Waals surface area contributed by atoms with Crippen molar-refractivity contribution >= 4 is 28.9 Å². The van der Waals surface area contributed by atoms with Crippen LogP contribution in [0.3, 0.4) is 0 Å². The predicted octanol–water partition coefficient (Wildman–Crippen LogP) is 3.85. The highest BCUT2D eigenvalue weighted by Gasteiger charge is 2.41. The third kappa shape index (κ3) is 5.86. The summed E-state index contributed by atoms with van der Waals surface area (Å²) in [6, 6.07) is 2.96. The lowest BCUT2D eigenvalue weighted by Gasteiger charge is -2.32. The number of ketones is 1. The maximum Gasteiger partial charge on any atom is 0.408 e. The van der Waals surface area contributed by atoms with E-state index in [4.69, 9.17) is 13.9 Å². The summed E-state index contributed by atoms with van der Waals surface area (Å²) in [5.41, 5.74) is 0.527. The maximum absolute atomic E-state index is 13.5. The summed E-state index contributed by atoms with van der Waals surface area (Å²) >= 11 is 0. The quantitative estimate of drug-likeness (QED) is 0.547. The van der Waals surface area contributed by atoms with E-state index in [0.717, 1.165) is 38.5 Å². The minimum absolute atomic E-state index is 0.0662. The van der Waals surface area contributed by atoms with Crippen molar-refractivity contribution in [2.24, 2.45) is 11.8 Å². The number of hydrogen-bond acceptors (Lipinski definition) is 7. The molecule has 1 aliphatic heterocycles. The van der Waals surface area contributed by atoms with Crippen LogP contribution in [0.5, 0.6) is 0 Å². The van der Waals surface area contributed by atoms with Crippen molar-refractivity contribution in [3.63, 3.8) is 0 Å². The molecule has 2 aromatic rings. The standard InChI is InChI=1S/C26H32FN3O6/c27-18-8-9-19-20(15-18)35-24(28-19)23(31)22(17-6-7-17)29-26(33)36-21(14-16-4-2-1-3-5-16)25(32)30-10-12-34-13-11-30/h8-9,15-17,21-22H,1-7,10-14H2,(H,29,33)/t21-,22-/m0/s1. The molecule has 3 aliphatic rings. The number of morpholine rings is 1. The molecule has 5 rings (SSSR count). The van der Waals surface area contributed by atoms with Crippen LogP contribution in [-0.4, -0.2) is 66.1 Å². The first-order chi connectivity index (χ1) is 17.5. The number of alkyl carbamates (subject to hydrolysis) is 1. The Hall–Kier alpha value is -3.01. The summed E-state index contributed by atoms with van der Waals surface area (Å²) < 4.78 is 30.1. The molecule has 10 heteroatoms. The molecule has 1 saturated heterocycles. The van der Waals surface area contributed by atoms with Gasteiger partial charge < -0.3 is 24.1 Å². The number of ether oxygens (including phenoxy) is 2. The van der Waals surface area contributed by atoms with Crippen LogP contribution in [0.15, 0.2) is 22.6 Å². The molecule has 9 nitrogen and oxygen atoms in total. The lowest BCUT2D eigenvalue weighted by atomic mass is 9.85. The first kappa shape index (κ1) is 24.7. The molecular weight excluding hydrogens is 469 g/mol. The van der Waals surface area contributed by atoms with E-state index in [1.165, 1.54) is 24.6 Å². The number of oxazole rings is 1. The molecule has 3 fully saturated rings. The number of halogens is 1. The molecule has 0 spiro atoms. The Bertz CT molecular complexity index is 1100. The normalized spacial score (nSPS) is 20.6. The van der Waals surface area contributed by atoms with Crippen LogP contribution in [0.2, 0.25) is 0 Å². The Morgan fingerprint density at radius 2 is 1.86 bits per heavy atom. The Balaban J connectivity index is 1.28. The fourth-order valence-electron chi connectivity index (χ4n) is 5.17. The first-order valence-corrected chi connectivity index (χ1v) is 12.9. The van der Waals surface area contributed by atoms with Crippen LogP contribution < -0.4 is 5.32 Å². The van der Waals surface area contributed by atoms with E-state index in [2.05, 4.69) is 10.3 Å². The molecule has 2 atom stereocenters. The number of amides is 2. The average molecular weight is 502 g/mol. The SMILES string of the molecule is O=C(N[C@H](C(=O)c1nc2ccc(F)cc2o1)C1CC1)O[C@@H](CC1CCCCC1)C(=O)N1CCOCC1. The molecule has 2 heterocycles. The largest absolute Gasteiger partial charge is 0.436 e. The highest BCUT2D eigenvalue weighted by Crippen LogP contribution is 2.35. The van der Waals surface area contributed by atoms with Crippen molar-refractivity contribution in [1.82, 2.24) is 15.2 Å². The number of hydrogen-bond donors (Lipinski definition) is 1. The fourth-order valence-corrected chi connectivity index (χ4v) is 5.17. The monoisotopic (exact) mass is 501 g/mol. The molecule has 2 amide bonds. The fraction of sp³-hybridized carbons (Fsp3) is 0.615. The van der Waals surface area contributed by atoms with Crippen LogP contribution in [0.4, 0.5) is 9.18 Å². The van der Waals surface area contributed by atoms with Gasteiger partial charge in [-0.05, 0) is 43.2 Å². The van der Waals surface area contributed by atoms with Gasteiger partial charge in [0.1, 0.15) is 17.4 Å². The second-order valence-corrected chi connectivity index (χ2v) is 10.0. The summed E-state index contributed by atoms with van der Waals surface area (Å²) in [5, 5.41) is 2.68. The van der Waals surface area contributed by atoms with Gasteiger partial charge >= 0.3 is 6.09 Å². The number of nitrogens with zero attached hydrogens (tertiary/aromatic N) is 2. The van der Waals surface area contributed by atoms with Gasteiger partial charge in [0, 0.05) is 19.2 Å². The molecule has 2 saturated carbocycles. The van der Waals surface area contributed by atoms with Crippen LogP contribution >= 0.6 is 0 Å². The summed E-state index contributed by atoms with van der Waals surface area (Å²) in [6.45, 7) is 1.85. The third-order valence-corrected chi connectivity index (χ3v) is 7.33. The van der Waals surface area contributed by atoms with Gasteiger partial charge in [-0.3, -0.25) is 9.59 Å². The topological polar surface area (TPSA) is 111 Å². The van der Waals surface area contributed by atoms with Crippen LogP contribution in [-0.2, 0) is 14.3 Å². The van der Waals surface area contributed by atoms with Crippen LogP contribution in [0.1, 0.15) is 62.1 Å². The zero-order chi connectivity index (χ0) is 25.1. The molecule has 0 unspecified atom stereocenters. The van der Waals surface area contributed by atoms with Gasteiger partial charge in [0.2, 0.25) is 5.78 Å². The van der Waals surface area contributed by atoms with E-state index < -0.39 is 29.8 Å². The van der Waals surface area contributed by atoms with E-state index in [1.54, 1.807) is 4.90 Å². The Kier molecular flexibility index (Phi) is 7.50. The Labute approximate surface area is 208 Å². The van der Waals surface area contributed by atoms with Gasteiger partial charge in [-0.1, -0.05) is 32.1 Å². The Morgan fingerprint density at radius 1 is 1.11 bits per heavy atom. The average Bonchev–Trinajstić information content (AvgIpc) is 3.65. The first-order valence-electron chi connectivity index (χ1n) is 12.9. The van der Waals surface area contributed by atoms with Gasteiger partial charge in [-0.25, -0.2) is 14.2 Å². The highest BCUT2D eigenvalue weighted by molar-refractivity contribution is 6.00. The zero-order valence-corrected chi connectivity index (χ0v) is 20.2. The van der Waals surface area contributed by atoms with Gasteiger partial charge in [-0.2, -0.15) is 0 Å². The summed E-state index contributed by atoms with van der Waals surface area (Å²) in [5.74, 6) is -1.13. The Morgan fingerprint density at radius 3 is 2.58 bits per heavy atom. The number of carbonyl (C=O) groups is 3. The summed E-state index contributed by atoms with van der Waals surface area (Å²) in [4.78, 5) is 45.3. The number of nitrogens with one attached hydrogen (secondary N) is 1. The van der Waals surface area contributed by atoms with E-state index in [1.807, 2.05) is 0 Å². The van der Waals surface area contributed by atoms with Gasteiger partial charge in [0.15, 0.2) is 11.7 Å². The van der Waals surface area contributed by atoms with Gasteiger partial charge in [0.25, 0.3) is 11.8 Å². The van der Waals surface area contributed by atoms with Crippen molar-refractivity contribution < 1.29 is 32.7 Å². The van der Waals surface area contributed by atoms with Crippen molar-refractivity contribution in [3.05, 3.63) is 29.9 Å². The number of Topliss-reactive ketones (excluding diaryl/α,β-unsaturated/α-hetero) is 1. The second-order valence-electron chi connectivity index (χ2n) is 10.0. The molecule has 36 heavy (non-hydrogen) atoms. The van der Waals surface area contributed by atoms with Gasteiger partial charge in [-0.15, -0.1) is 0 Å². The molecule has 2 aliphatic carbocycles. The zero-order valence-electron chi connectivity index (χ0n) is 20.2. The number of carbonyl (C=O) groups excluding carboxylic acids is 3. The van der Waals surface area contributed by atoms with E-state index in [9.17, 15) is 18.8 Å². The maximum atomic E-state index is 13.5. The predicted molar refractivity (Wildman–Crippen MR) is 127 cm³/mol. The molecule has 1 aromatic carbocycles. The number of fused-ring (bicyclic) bond motifs is 1. The molecule has 1 N–H and O–H groups in total. The number of aromatic nitrogens is 1. The summed E-state index contributed by atoms with van der Waals surface area (Å²) in [7, 11) is 0. The van der Waals surface area contributed by atoms with Crippen molar-refractivity contribution in [2.75, 3.05) is 26.3 Å². The van der Waals surface area contributed by atoms with Gasteiger partial charge in [0.05, 0.1) is 13.2 Å². The molecule has 0 radical (unpaired) electrons. The molecule has 0 bridgehead atoms. The second kappa shape index (κ2) is 10.9. The molecule has 194 valence electrons. The summed E-state index contributed by atoms with van der Waals surface area (Å²) in [6.07, 6.45) is 5.74. The van der Waals surface area contributed by atoms with Crippen molar-refractivity contribution in [3.8, 4) is 0 Å². The lowest BCUT2D eigenvalue weighted by molar-refractivity contribution is -0.145. The van der Waals surface area contributed by atoms with Crippen LogP contribution in [0.25, 0.3) is 11.1 Å². The number of benzene rings is 1. The van der Waals surface area contributed by atoms with Crippen molar-refractivity contribution in [2.45, 2.75) is 63.5 Å². The van der Waals surface area contributed by atoms with Crippen molar-refractivity contribution in [1.29, 1.82) is 0 Å². The highest BCUT2D eigenvalue weighted by atomic mass is 19.1. The third-order valence-electron chi connectivity index (χ3n) is 7.33. The van der Waals surface area contributed by atoms with E-state index >= 15 is 0 Å². The minimum atomic E-state index is -0.909. The van der Waals surface area contributed by atoms with Crippen LogP contribution in [0, 0.1) is 17.7 Å². The number of rotatable bonds is 8. The van der Waals surface area contributed by atoms with E-state index in [-0.39, 0.29) is 23.3 Å². The smallest absolute Gasteiger partial charge is 0.408 e. The lowest BCUT2D eigenvalue weighted by Crippen LogP contribution is -2.50. The molecular formula is C26H32FN3O6. The minimum Gasteiger partial charge on any atom is -0.436 e.